The van der Waals surface area contributed by atoms with Crippen molar-refractivity contribution in [1.82, 2.24) is 4.31 Å². The van der Waals surface area contributed by atoms with Gasteiger partial charge in [0.2, 0.25) is 10.0 Å². The van der Waals surface area contributed by atoms with Gasteiger partial charge in [0, 0.05) is 14.1 Å². The number of hydrogen-bond donors (Lipinski definition) is 1. The summed E-state index contributed by atoms with van der Waals surface area (Å²) in [5.74, 6) is -1.06. The highest BCUT2D eigenvalue weighted by Crippen LogP contribution is 2.15. The maximum Gasteiger partial charge on any atom is 0.332 e. The predicted molar refractivity (Wildman–Crippen MR) is 69.2 cm³/mol. The molecule has 1 rings (SSSR count). The molecule has 0 spiro atoms. The van der Waals surface area contributed by atoms with Crippen molar-refractivity contribution < 1.29 is 23.1 Å². The van der Waals surface area contributed by atoms with Gasteiger partial charge in [0.25, 0.3) is 0 Å². The molecule has 19 heavy (non-hydrogen) atoms. The molecule has 0 heterocycles. The van der Waals surface area contributed by atoms with Crippen molar-refractivity contribution in [3.05, 3.63) is 29.8 Å². The Balaban J connectivity index is 2.87. The zero-order valence-corrected chi connectivity index (χ0v) is 11.8. The van der Waals surface area contributed by atoms with Crippen LogP contribution in [0.4, 0.5) is 0 Å². The number of carbonyl (C=O) groups is 1. The van der Waals surface area contributed by atoms with Gasteiger partial charge in [-0.2, -0.15) is 0 Å². The zero-order chi connectivity index (χ0) is 14.6. The molecule has 1 aromatic carbocycles. The standard InChI is InChI=1S/C12H17NO5S/c1-9(12(14)15)18-8-10-5-4-6-11(7-10)19(16,17)13(2)3/h4-7,9H,8H2,1-3H3,(H,14,15). The van der Waals surface area contributed by atoms with Crippen LogP contribution < -0.4 is 0 Å². The molecule has 1 aromatic rings. The number of carboxylic acid groups (broad SMARTS) is 1. The number of nitrogens with zero attached hydrogens (tertiary/aromatic N) is 1. The van der Waals surface area contributed by atoms with Crippen molar-refractivity contribution in [2.24, 2.45) is 0 Å². The Kier molecular flexibility index (Phi) is 5.04. The van der Waals surface area contributed by atoms with Crippen molar-refractivity contribution in [3.8, 4) is 0 Å². The molecule has 1 atom stereocenters. The van der Waals surface area contributed by atoms with Gasteiger partial charge in [-0.1, -0.05) is 12.1 Å². The van der Waals surface area contributed by atoms with Crippen LogP contribution in [0.5, 0.6) is 0 Å². The molecule has 7 heteroatoms. The first-order valence-electron chi connectivity index (χ1n) is 5.61. The molecule has 0 aliphatic heterocycles. The van der Waals surface area contributed by atoms with E-state index in [1.165, 1.54) is 33.2 Å². The fourth-order valence-corrected chi connectivity index (χ4v) is 2.27. The first kappa shape index (κ1) is 15.6. The van der Waals surface area contributed by atoms with Crippen LogP contribution in [0, 0.1) is 0 Å². The lowest BCUT2D eigenvalue weighted by atomic mass is 10.2. The zero-order valence-electron chi connectivity index (χ0n) is 11.0. The van der Waals surface area contributed by atoms with E-state index in [4.69, 9.17) is 9.84 Å². The van der Waals surface area contributed by atoms with Crippen molar-refractivity contribution in [2.45, 2.75) is 24.5 Å². The normalized spacial score (nSPS) is 13.5. The molecule has 1 unspecified atom stereocenters. The number of ether oxygens (including phenoxy) is 1. The minimum atomic E-state index is -3.49. The summed E-state index contributed by atoms with van der Waals surface area (Å²) in [6, 6.07) is 6.24. The van der Waals surface area contributed by atoms with Gasteiger partial charge >= 0.3 is 5.97 Å². The SMILES string of the molecule is CC(OCc1cccc(S(=O)(=O)N(C)C)c1)C(=O)O. The number of sulfonamides is 1. The second kappa shape index (κ2) is 6.14. The van der Waals surface area contributed by atoms with E-state index in [0.717, 1.165) is 4.31 Å². The monoisotopic (exact) mass is 287 g/mol. The molecule has 0 radical (unpaired) electrons. The molecule has 0 saturated heterocycles. The number of hydrogen-bond acceptors (Lipinski definition) is 4. The maximum absolute atomic E-state index is 11.9. The summed E-state index contributed by atoms with van der Waals surface area (Å²) < 4.78 is 30.1. The van der Waals surface area contributed by atoms with Crippen LogP contribution in [0.25, 0.3) is 0 Å². The van der Waals surface area contributed by atoms with Crippen molar-refractivity contribution in [2.75, 3.05) is 14.1 Å². The highest BCUT2D eigenvalue weighted by Gasteiger charge is 2.17. The molecule has 1 N–H and O–H groups in total. The molecular weight excluding hydrogens is 270 g/mol. The highest BCUT2D eigenvalue weighted by molar-refractivity contribution is 7.89. The van der Waals surface area contributed by atoms with Crippen LogP contribution >= 0.6 is 0 Å². The average molecular weight is 287 g/mol. The summed E-state index contributed by atoms with van der Waals surface area (Å²) in [6.07, 6.45) is -0.936. The van der Waals surface area contributed by atoms with Crippen molar-refractivity contribution in [3.63, 3.8) is 0 Å². The lowest BCUT2D eigenvalue weighted by Gasteiger charge is -2.13. The Morgan fingerprint density at radius 3 is 2.58 bits per heavy atom. The largest absolute Gasteiger partial charge is 0.479 e. The lowest BCUT2D eigenvalue weighted by Crippen LogP contribution is -2.22. The second-order valence-corrected chi connectivity index (χ2v) is 6.38. The van der Waals surface area contributed by atoms with Crippen LogP contribution in [0.2, 0.25) is 0 Å². The first-order valence-corrected chi connectivity index (χ1v) is 7.05. The molecule has 0 amide bonds. The van der Waals surface area contributed by atoms with Gasteiger partial charge in [-0.15, -0.1) is 0 Å². The van der Waals surface area contributed by atoms with Crippen LogP contribution in [0.1, 0.15) is 12.5 Å². The summed E-state index contributed by atoms with van der Waals surface area (Å²) in [7, 11) is -0.594. The first-order chi connectivity index (χ1) is 8.75. The summed E-state index contributed by atoms with van der Waals surface area (Å²) >= 11 is 0. The number of rotatable bonds is 6. The Hall–Kier alpha value is -1.44. The maximum atomic E-state index is 11.9. The molecule has 0 aromatic heterocycles. The van der Waals surface area contributed by atoms with Crippen LogP contribution in [-0.4, -0.2) is 44.0 Å². The number of carboxylic acids is 1. The van der Waals surface area contributed by atoms with Gasteiger partial charge in [-0.3, -0.25) is 0 Å². The van der Waals surface area contributed by atoms with E-state index in [9.17, 15) is 13.2 Å². The van der Waals surface area contributed by atoms with Crippen LogP contribution in [-0.2, 0) is 26.2 Å². The van der Waals surface area contributed by atoms with E-state index >= 15 is 0 Å². The summed E-state index contributed by atoms with van der Waals surface area (Å²) in [4.78, 5) is 10.8. The van der Waals surface area contributed by atoms with Gasteiger partial charge in [0.05, 0.1) is 11.5 Å². The predicted octanol–water partition coefficient (Wildman–Crippen LogP) is 0.927. The third-order valence-electron chi connectivity index (χ3n) is 2.52. The summed E-state index contributed by atoms with van der Waals surface area (Å²) in [5, 5.41) is 8.69. The van der Waals surface area contributed by atoms with E-state index in [1.807, 2.05) is 0 Å². The van der Waals surface area contributed by atoms with Crippen LogP contribution in [0.3, 0.4) is 0 Å². The molecule has 0 bridgehead atoms. The summed E-state index contributed by atoms with van der Waals surface area (Å²) in [5.41, 5.74) is 0.607. The minimum absolute atomic E-state index is 0.0459. The van der Waals surface area contributed by atoms with E-state index in [2.05, 4.69) is 0 Å². The Bertz CT molecular complexity index is 553. The second-order valence-electron chi connectivity index (χ2n) is 4.23. The third-order valence-corrected chi connectivity index (χ3v) is 4.34. The third kappa shape index (κ3) is 4.02. The molecule has 6 nitrogen and oxygen atoms in total. The summed E-state index contributed by atoms with van der Waals surface area (Å²) in [6.45, 7) is 1.47. The number of benzene rings is 1. The van der Waals surface area contributed by atoms with E-state index in [1.54, 1.807) is 12.1 Å². The highest BCUT2D eigenvalue weighted by atomic mass is 32.2. The van der Waals surface area contributed by atoms with Gasteiger partial charge < -0.3 is 9.84 Å². The van der Waals surface area contributed by atoms with Gasteiger partial charge in [-0.05, 0) is 24.6 Å². The number of aliphatic carboxylic acids is 1. The smallest absolute Gasteiger partial charge is 0.332 e. The molecule has 0 aliphatic rings. The minimum Gasteiger partial charge on any atom is -0.479 e. The van der Waals surface area contributed by atoms with Gasteiger partial charge in [0.1, 0.15) is 0 Å². The topological polar surface area (TPSA) is 83.9 Å². The van der Waals surface area contributed by atoms with Gasteiger partial charge in [0.15, 0.2) is 6.10 Å². The fourth-order valence-electron chi connectivity index (χ4n) is 1.30. The quantitative estimate of drug-likeness (QED) is 0.841. The van der Waals surface area contributed by atoms with E-state index in [0.29, 0.717) is 5.56 Å². The molecule has 0 fully saturated rings. The Morgan fingerprint density at radius 1 is 1.42 bits per heavy atom. The Morgan fingerprint density at radius 2 is 2.05 bits per heavy atom. The van der Waals surface area contributed by atoms with Crippen molar-refractivity contribution in [1.29, 1.82) is 0 Å². The lowest BCUT2D eigenvalue weighted by molar-refractivity contribution is -0.149. The molecular formula is C12H17NO5S. The van der Waals surface area contributed by atoms with E-state index in [-0.39, 0.29) is 11.5 Å². The fraction of sp³-hybridized carbons (Fsp3) is 0.417. The molecule has 0 saturated carbocycles. The molecule has 0 aliphatic carbocycles. The molecule has 106 valence electrons. The average Bonchev–Trinajstić information content (AvgIpc) is 2.35. The van der Waals surface area contributed by atoms with Crippen LogP contribution in [0.15, 0.2) is 29.2 Å². The van der Waals surface area contributed by atoms with Crippen molar-refractivity contribution >= 4 is 16.0 Å². The Labute approximate surface area is 112 Å². The van der Waals surface area contributed by atoms with E-state index < -0.39 is 22.1 Å². The van der Waals surface area contributed by atoms with Gasteiger partial charge in [-0.25, -0.2) is 17.5 Å².